The summed E-state index contributed by atoms with van der Waals surface area (Å²) in [5.41, 5.74) is 0.564. The van der Waals surface area contributed by atoms with Crippen LogP contribution >= 0.6 is 0 Å². The van der Waals surface area contributed by atoms with E-state index in [2.05, 4.69) is 13.8 Å². The average Bonchev–Trinajstić information content (AvgIpc) is 2.96. The Morgan fingerprint density at radius 2 is 1.96 bits per heavy atom. The van der Waals surface area contributed by atoms with Crippen molar-refractivity contribution in [3.05, 3.63) is 11.6 Å². The van der Waals surface area contributed by atoms with E-state index in [1.165, 1.54) is 6.92 Å². The van der Waals surface area contributed by atoms with Gasteiger partial charge in [0.1, 0.15) is 12.8 Å². The molecule has 0 unspecified atom stereocenters. The summed E-state index contributed by atoms with van der Waals surface area (Å²) in [6.45, 7) is 5.36. The van der Waals surface area contributed by atoms with Gasteiger partial charge in [-0.3, -0.25) is 14.4 Å². The third kappa shape index (κ3) is 2.88. The Bertz CT molecular complexity index is 743. The Morgan fingerprint density at radius 1 is 1.21 bits per heavy atom. The molecular weight excluding hydrogens is 359 g/mol. The van der Waals surface area contributed by atoms with Gasteiger partial charge in [-0.1, -0.05) is 19.4 Å². The Labute approximate surface area is 166 Å². The van der Waals surface area contributed by atoms with Crippen molar-refractivity contribution in [3.8, 4) is 0 Å². The number of hydrogen-bond acceptors (Lipinski definition) is 4. The summed E-state index contributed by atoms with van der Waals surface area (Å²) in [5.74, 6) is -0.0284. The number of rotatable bonds is 3. The van der Waals surface area contributed by atoms with Crippen LogP contribution in [0.3, 0.4) is 0 Å². The molecule has 7 atom stereocenters. The van der Waals surface area contributed by atoms with Crippen LogP contribution in [0.4, 0.5) is 4.39 Å². The number of carbonyl (C=O) groups is 3. The highest BCUT2D eigenvalue weighted by Crippen LogP contribution is 2.67. The fraction of sp³-hybridized carbons (Fsp3) is 0.783. The number of allylic oxidation sites excluding steroid dienone is 1. The molecule has 4 aliphatic rings. The van der Waals surface area contributed by atoms with Crippen molar-refractivity contribution < 1.29 is 23.5 Å². The van der Waals surface area contributed by atoms with Crippen LogP contribution in [0.15, 0.2) is 11.6 Å². The van der Waals surface area contributed by atoms with Gasteiger partial charge in [0.25, 0.3) is 0 Å². The predicted octanol–water partition coefficient (Wildman–Crippen LogP) is 4.21. The van der Waals surface area contributed by atoms with Crippen molar-refractivity contribution >= 4 is 17.5 Å². The Kier molecular flexibility index (Phi) is 4.79. The summed E-state index contributed by atoms with van der Waals surface area (Å²) in [4.78, 5) is 35.8. The molecule has 0 aliphatic heterocycles. The van der Waals surface area contributed by atoms with Gasteiger partial charge < -0.3 is 4.74 Å². The number of esters is 1. The maximum absolute atomic E-state index is 15.8. The van der Waals surface area contributed by atoms with Crippen LogP contribution in [0, 0.1) is 34.5 Å². The standard InChI is InChI=1S/C23H31FO4/c1-13(25)28-12-20(27)18-7-6-17-16-5-4-14-10-15(26)8-9-22(14,2)21(16)19(24)11-23(17,18)3/h10,16-19,21H,4-9,11-12H2,1-3H3/t16-,17-,18+,19+,21+,22-,23-/m0/s1. The highest BCUT2D eigenvalue weighted by Gasteiger charge is 2.63. The van der Waals surface area contributed by atoms with E-state index in [1.807, 2.05) is 0 Å². The molecular formula is C23H31FO4. The number of Topliss-reactive ketones (excluding diaryl/α,β-unsaturated/α-hetero) is 1. The summed E-state index contributed by atoms with van der Waals surface area (Å²) in [5, 5.41) is 0. The predicted molar refractivity (Wildman–Crippen MR) is 102 cm³/mol. The first kappa shape index (κ1) is 19.8. The third-order valence-electron chi connectivity index (χ3n) is 8.66. The summed E-state index contributed by atoms with van der Waals surface area (Å²) < 4.78 is 20.7. The normalized spacial score (nSPS) is 44.8. The minimum atomic E-state index is -0.963. The van der Waals surface area contributed by atoms with Gasteiger partial charge in [0.2, 0.25) is 0 Å². The van der Waals surface area contributed by atoms with Crippen LogP contribution in [0.2, 0.25) is 0 Å². The lowest BCUT2D eigenvalue weighted by Crippen LogP contribution is -2.56. The number of hydrogen-bond donors (Lipinski definition) is 0. The zero-order chi connectivity index (χ0) is 20.3. The van der Waals surface area contributed by atoms with Crippen LogP contribution in [0.5, 0.6) is 0 Å². The number of fused-ring (bicyclic) bond motifs is 5. The van der Waals surface area contributed by atoms with E-state index in [0.29, 0.717) is 18.8 Å². The summed E-state index contributed by atoms with van der Waals surface area (Å²) in [6.07, 6.45) is 5.96. The van der Waals surface area contributed by atoms with Gasteiger partial charge in [0.05, 0.1) is 0 Å². The highest BCUT2D eigenvalue weighted by molar-refractivity contribution is 5.91. The number of halogens is 1. The summed E-state index contributed by atoms with van der Waals surface area (Å²) in [7, 11) is 0. The summed E-state index contributed by atoms with van der Waals surface area (Å²) >= 11 is 0. The molecule has 0 saturated heterocycles. The molecule has 3 saturated carbocycles. The monoisotopic (exact) mass is 390 g/mol. The van der Waals surface area contributed by atoms with Crippen LogP contribution in [-0.2, 0) is 19.1 Å². The topological polar surface area (TPSA) is 60.4 Å². The first-order chi connectivity index (χ1) is 13.2. The molecule has 4 aliphatic carbocycles. The lowest BCUT2D eigenvalue weighted by Gasteiger charge is -2.59. The lowest BCUT2D eigenvalue weighted by molar-refractivity contribution is -0.150. The Morgan fingerprint density at radius 3 is 2.68 bits per heavy atom. The van der Waals surface area contributed by atoms with Gasteiger partial charge in [0, 0.05) is 25.2 Å². The molecule has 0 aromatic heterocycles. The molecule has 5 heteroatoms. The van der Waals surface area contributed by atoms with E-state index in [4.69, 9.17) is 4.74 Å². The fourth-order valence-corrected chi connectivity index (χ4v) is 7.42. The minimum absolute atomic E-state index is 0.0546. The molecule has 0 heterocycles. The molecule has 4 rings (SSSR count). The SMILES string of the molecule is CC(=O)OCC(=O)[C@H]1CC[C@H]2[C@@H]3CCC4=CC(=O)CC[C@]4(C)[C@H]3[C@H](F)C[C@]12C. The Hall–Kier alpha value is -1.52. The van der Waals surface area contributed by atoms with Gasteiger partial charge in [-0.2, -0.15) is 0 Å². The number of carbonyl (C=O) groups excluding carboxylic acids is 3. The zero-order valence-corrected chi connectivity index (χ0v) is 17.1. The van der Waals surface area contributed by atoms with Crippen LogP contribution < -0.4 is 0 Å². The number of ketones is 2. The average molecular weight is 390 g/mol. The second kappa shape index (κ2) is 6.77. The second-order valence-electron chi connectivity index (χ2n) is 9.99. The van der Waals surface area contributed by atoms with Crippen LogP contribution in [-0.4, -0.2) is 30.3 Å². The van der Waals surface area contributed by atoms with E-state index in [-0.39, 0.29) is 46.8 Å². The van der Waals surface area contributed by atoms with Crippen molar-refractivity contribution in [3.63, 3.8) is 0 Å². The van der Waals surface area contributed by atoms with Gasteiger partial charge in [-0.25, -0.2) is 4.39 Å². The maximum Gasteiger partial charge on any atom is 0.303 e. The van der Waals surface area contributed by atoms with E-state index in [0.717, 1.165) is 37.7 Å². The van der Waals surface area contributed by atoms with E-state index >= 15 is 4.39 Å². The minimum Gasteiger partial charge on any atom is -0.458 e. The quantitative estimate of drug-likeness (QED) is 0.677. The first-order valence-electron chi connectivity index (χ1n) is 10.7. The molecule has 0 radical (unpaired) electrons. The molecule has 28 heavy (non-hydrogen) atoms. The maximum atomic E-state index is 15.8. The highest BCUT2D eigenvalue weighted by atomic mass is 19.1. The molecule has 0 bridgehead atoms. The largest absolute Gasteiger partial charge is 0.458 e. The molecule has 0 N–H and O–H groups in total. The molecule has 0 aromatic carbocycles. The van der Waals surface area contributed by atoms with E-state index < -0.39 is 12.1 Å². The van der Waals surface area contributed by atoms with E-state index in [9.17, 15) is 14.4 Å². The molecule has 154 valence electrons. The molecule has 3 fully saturated rings. The van der Waals surface area contributed by atoms with Crippen molar-refractivity contribution in [1.82, 2.24) is 0 Å². The van der Waals surface area contributed by atoms with Gasteiger partial charge in [-0.15, -0.1) is 0 Å². The Balaban J connectivity index is 1.61. The smallest absolute Gasteiger partial charge is 0.303 e. The number of alkyl halides is 1. The third-order valence-corrected chi connectivity index (χ3v) is 8.66. The van der Waals surface area contributed by atoms with Gasteiger partial charge >= 0.3 is 5.97 Å². The molecule has 0 aromatic rings. The zero-order valence-electron chi connectivity index (χ0n) is 17.1. The first-order valence-corrected chi connectivity index (χ1v) is 10.7. The second-order valence-corrected chi connectivity index (χ2v) is 9.99. The van der Waals surface area contributed by atoms with Crippen molar-refractivity contribution in [2.45, 2.75) is 71.9 Å². The van der Waals surface area contributed by atoms with Crippen LogP contribution in [0.1, 0.15) is 65.7 Å². The molecule has 4 nitrogen and oxygen atoms in total. The van der Waals surface area contributed by atoms with Gasteiger partial charge in [-0.05, 0) is 67.3 Å². The van der Waals surface area contributed by atoms with Crippen molar-refractivity contribution in [2.75, 3.05) is 6.61 Å². The fourth-order valence-electron chi connectivity index (χ4n) is 7.42. The lowest BCUT2D eigenvalue weighted by atomic mass is 9.46. The van der Waals surface area contributed by atoms with Gasteiger partial charge in [0.15, 0.2) is 11.6 Å². The number of ether oxygens (including phenoxy) is 1. The summed E-state index contributed by atoms with van der Waals surface area (Å²) in [6, 6.07) is 0. The van der Waals surface area contributed by atoms with Crippen molar-refractivity contribution in [2.24, 2.45) is 34.5 Å². The molecule has 0 amide bonds. The van der Waals surface area contributed by atoms with E-state index in [1.54, 1.807) is 6.08 Å². The molecule has 0 spiro atoms. The van der Waals surface area contributed by atoms with Crippen molar-refractivity contribution in [1.29, 1.82) is 0 Å². The van der Waals surface area contributed by atoms with Crippen LogP contribution in [0.25, 0.3) is 0 Å².